The smallest absolute Gasteiger partial charge is 0.249 e. The Morgan fingerprint density at radius 2 is 2.00 bits per heavy atom. The van der Waals surface area contributed by atoms with Gasteiger partial charge in [0.05, 0.1) is 11.2 Å². The zero-order chi connectivity index (χ0) is 12.7. The monoisotopic (exact) mass is 242 g/mol. The van der Waals surface area contributed by atoms with E-state index in [0.717, 1.165) is 10.9 Å². The van der Waals surface area contributed by atoms with Gasteiger partial charge in [-0.1, -0.05) is 24.3 Å². The van der Waals surface area contributed by atoms with E-state index in [1.165, 1.54) is 0 Å². The molecule has 0 bridgehead atoms. The molecule has 5 nitrogen and oxygen atoms in total. The van der Waals surface area contributed by atoms with Crippen LogP contribution in [0.1, 0.15) is 11.8 Å². The third-order valence-electron chi connectivity index (χ3n) is 2.84. The number of aliphatic hydroxyl groups excluding tert-OH is 1. The summed E-state index contributed by atoms with van der Waals surface area (Å²) in [4.78, 5) is 16.0. The number of aromatic nitrogens is 1. The number of rotatable bonds is 1. The van der Waals surface area contributed by atoms with Crippen LogP contribution in [-0.2, 0) is 9.53 Å². The summed E-state index contributed by atoms with van der Waals surface area (Å²) < 4.78 is 5.12. The number of ether oxygens (including phenoxy) is 1. The van der Waals surface area contributed by atoms with Crippen LogP contribution in [0.5, 0.6) is 0 Å². The van der Waals surface area contributed by atoms with Crippen LogP contribution in [0.25, 0.3) is 10.9 Å². The Bertz CT molecular complexity index is 679. The van der Waals surface area contributed by atoms with Crippen molar-refractivity contribution in [3.8, 4) is 0 Å². The van der Waals surface area contributed by atoms with Gasteiger partial charge >= 0.3 is 0 Å². The summed E-state index contributed by atoms with van der Waals surface area (Å²) in [6.07, 6.45) is -0.949. The van der Waals surface area contributed by atoms with Crippen LogP contribution < -0.4 is 5.73 Å². The Hall–Kier alpha value is -2.56. The molecule has 0 saturated carbocycles. The lowest BCUT2D eigenvalue weighted by Crippen LogP contribution is -2.11. The van der Waals surface area contributed by atoms with Crippen molar-refractivity contribution >= 4 is 16.7 Å². The number of nitrogens with zero attached hydrogens (tertiary/aromatic N) is 1. The molecule has 5 heteroatoms. The fraction of sp³-hybridized carbons (Fsp3) is 0.0769. The van der Waals surface area contributed by atoms with Crippen molar-refractivity contribution in [2.24, 2.45) is 5.73 Å². The number of carbonyl (C=O) groups is 1. The van der Waals surface area contributed by atoms with Crippen molar-refractivity contribution in [1.29, 1.82) is 0 Å². The van der Waals surface area contributed by atoms with Gasteiger partial charge < -0.3 is 15.6 Å². The quantitative estimate of drug-likeness (QED) is 0.792. The Balaban J connectivity index is 2.04. The second-order valence-electron chi connectivity index (χ2n) is 4.00. The molecule has 0 aliphatic carbocycles. The molecule has 0 radical (unpaired) electrons. The van der Waals surface area contributed by atoms with Gasteiger partial charge in [0, 0.05) is 5.39 Å². The number of Topliss-reactive ketones (excluding diaryl/α,β-unsaturated/α-hetero) is 1. The number of fused-ring (bicyclic) bond motifs is 1. The molecule has 1 unspecified atom stereocenters. The van der Waals surface area contributed by atoms with Gasteiger partial charge in [0.2, 0.25) is 23.5 Å². The molecule has 1 aliphatic rings. The highest BCUT2D eigenvalue weighted by molar-refractivity contribution is 5.99. The Morgan fingerprint density at radius 3 is 2.72 bits per heavy atom. The first-order valence-electron chi connectivity index (χ1n) is 5.42. The van der Waals surface area contributed by atoms with E-state index in [9.17, 15) is 9.90 Å². The predicted molar refractivity (Wildman–Crippen MR) is 64.4 cm³/mol. The van der Waals surface area contributed by atoms with Crippen molar-refractivity contribution in [1.82, 2.24) is 4.98 Å². The Labute approximate surface area is 103 Å². The molecule has 1 atom stereocenters. The molecule has 0 saturated heterocycles. The lowest BCUT2D eigenvalue weighted by Gasteiger charge is -2.09. The first-order valence-corrected chi connectivity index (χ1v) is 5.42. The zero-order valence-corrected chi connectivity index (χ0v) is 9.33. The molecule has 0 fully saturated rings. The normalized spacial score (nSPS) is 19.3. The molecule has 18 heavy (non-hydrogen) atoms. The third-order valence-corrected chi connectivity index (χ3v) is 2.84. The van der Waals surface area contributed by atoms with Crippen molar-refractivity contribution in [3.05, 3.63) is 53.7 Å². The van der Waals surface area contributed by atoms with Crippen molar-refractivity contribution in [2.45, 2.75) is 6.10 Å². The topological polar surface area (TPSA) is 85.4 Å². The molecule has 0 spiro atoms. The van der Waals surface area contributed by atoms with Crippen LogP contribution in [-0.4, -0.2) is 15.9 Å². The summed E-state index contributed by atoms with van der Waals surface area (Å²) in [7, 11) is 0. The van der Waals surface area contributed by atoms with Crippen molar-refractivity contribution in [2.75, 3.05) is 0 Å². The molecular weight excluding hydrogens is 232 g/mol. The molecule has 1 aliphatic heterocycles. The Morgan fingerprint density at radius 1 is 1.22 bits per heavy atom. The van der Waals surface area contributed by atoms with Crippen LogP contribution in [0.15, 0.2) is 48.0 Å². The summed E-state index contributed by atoms with van der Waals surface area (Å²) >= 11 is 0. The van der Waals surface area contributed by atoms with Gasteiger partial charge in [-0.15, -0.1) is 0 Å². The lowest BCUT2D eigenvalue weighted by molar-refractivity contribution is -0.123. The first-order chi connectivity index (χ1) is 8.66. The Kier molecular flexibility index (Phi) is 2.19. The molecule has 3 rings (SSSR count). The minimum absolute atomic E-state index is 0.250. The minimum atomic E-state index is -0.949. The number of pyridine rings is 1. The summed E-state index contributed by atoms with van der Waals surface area (Å²) in [5.41, 5.74) is 6.56. The number of aliphatic hydroxyl groups is 1. The van der Waals surface area contributed by atoms with E-state index in [1.807, 2.05) is 30.3 Å². The highest BCUT2D eigenvalue weighted by atomic mass is 16.5. The largest absolute Gasteiger partial charge is 0.501 e. The van der Waals surface area contributed by atoms with E-state index < -0.39 is 17.6 Å². The van der Waals surface area contributed by atoms with Gasteiger partial charge in [-0.2, -0.15) is 0 Å². The average Bonchev–Trinajstić information content (AvgIpc) is 2.66. The third kappa shape index (κ3) is 1.48. The lowest BCUT2D eigenvalue weighted by atomic mass is 10.1. The first kappa shape index (κ1) is 10.6. The molecule has 2 aromatic rings. The number of benzene rings is 1. The van der Waals surface area contributed by atoms with Crippen LogP contribution >= 0.6 is 0 Å². The second-order valence-corrected chi connectivity index (χ2v) is 4.00. The maximum Gasteiger partial charge on any atom is 0.249 e. The van der Waals surface area contributed by atoms with Gasteiger partial charge in [-0.25, -0.2) is 4.98 Å². The second kappa shape index (κ2) is 3.73. The molecule has 1 aromatic carbocycles. The van der Waals surface area contributed by atoms with E-state index in [2.05, 4.69) is 4.98 Å². The fourth-order valence-corrected chi connectivity index (χ4v) is 1.90. The fourth-order valence-electron chi connectivity index (χ4n) is 1.90. The highest BCUT2D eigenvalue weighted by Gasteiger charge is 2.36. The van der Waals surface area contributed by atoms with E-state index in [1.54, 1.807) is 6.07 Å². The predicted octanol–water partition coefficient (Wildman–Crippen LogP) is 1.56. The van der Waals surface area contributed by atoms with E-state index in [-0.39, 0.29) is 5.88 Å². The number of hydrogen-bond acceptors (Lipinski definition) is 5. The van der Waals surface area contributed by atoms with Crippen molar-refractivity contribution < 1.29 is 14.6 Å². The molecular formula is C13H10N2O3. The molecule has 2 heterocycles. The molecule has 0 amide bonds. The number of ketones is 1. The summed E-state index contributed by atoms with van der Waals surface area (Å²) in [6.45, 7) is 0. The summed E-state index contributed by atoms with van der Waals surface area (Å²) in [6, 6.07) is 11.1. The summed E-state index contributed by atoms with van der Waals surface area (Å²) in [5.74, 6) is -1.34. The van der Waals surface area contributed by atoms with Gasteiger partial charge in [0.15, 0.2) is 0 Å². The standard InChI is InChI=1S/C13H10N2O3/c14-13-11(17)10(16)12(18-13)9-6-5-7-3-1-2-4-8(7)15-9/h1-6,12,17H,14H2. The van der Waals surface area contributed by atoms with E-state index >= 15 is 0 Å². The summed E-state index contributed by atoms with van der Waals surface area (Å²) in [5, 5.41) is 10.3. The maximum absolute atomic E-state index is 11.7. The van der Waals surface area contributed by atoms with Crippen LogP contribution in [0, 0.1) is 0 Å². The number of hydrogen-bond donors (Lipinski definition) is 2. The van der Waals surface area contributed by atoms with E-state index in [4.69, 9.17) is 10.5 Å². The maximum atomic E-state index is 11.7. The van der Waals surface area contributed by atoms with Crippen LogP contribution in [0.4, 0.5) is 0 Å². The molecule has 1 aromatic heterocycles. The number of carbonyl (C=O) groups excluding carboxylic acids is 1. The van der Waals surface area contributed by atoms with Gasteiger partial charge in [0.1, 0.15) is 0 Å². The van der Waals surface area contributed by atoms with E-state index in [0.29, 0.717) is 5.69 Å². The van der Waals surface area contributed by atoms with Crippen molar-refractivity contribution in [3.63, 3.8) is 0 Å². The minimum Gasteiger partial charge on any atom is -0.501 e. The van der Waals surface area contributed by atoms with Gasteiger partial charge in [-0.05, 0) is 12.1 Å². The van der Waals surface area contributed by atoms with Crippen LogP contribution in [0.2, 0.25) is 0 Å². The zero-order valence-electron chi connectivity index (χ0n) is 9.33. The SMILES string of the molecule is NC1=C(O)C(=O)C(c2ccc3ccccc3n2)O1. The molecule has 90 valence electrons. The van der Waals surface area contributed by atoms with Crippen LogP contribution in [0.3, 0.4) is 0 Å². The molecule has 3 N–H and O–H groups in total. The highest BCUT2D eigenvalue weighted by Crippen LogP contribution is 2.29. The average molecular weight is 242 g/mol. The van der Waals surface area contributed by atoms with Gasteiger partial charge in [-0.3, -0.25) is 4.79 Å². The number of nitrogens with two attached hydrogens (primary N) is 1. The number of para-hydroxylation sites is 1. The van der Waals surface area contributed by atoms with Gasteiger partial charge in [0.25, 0.3) is 0 Å².